The van der Waals surface area contributed by atoms with E-state index in [1.165, 1.54) is 38.8 Å². The van der Waals surface area contributed by atoms with Crippen molar-refractivity contribution in [1.82, 2.24) is 9.21 Å². The van der Waals surface area contributed by atoms with Gasteiger partial charge in [0, 0.05) is 19.6 Å². The minimum absolute atomic E-state index is 0.234. The van der Waals surface area contributed by atoms with Crippen LogP contribution < -0.4 is 0 Å². The summed E-state index contributed by atoms with van der Waals surface area (Å²) in [6.07, 6.45) is 7.20. The zero-order valence-corrected chi connectivity index (χ0v) is 15.7. The van der Waals surface area contributed by atoms with Crippen molar-refractivity contribution in [2.45, 2.75) is 43.4 Å². The summed E-state index contributed by atoms with van der Waals surface area (Å²) in [4.78, 5) is 2.81. The van der Waals surface area contributed by atoms with Gasteiger partial charge in [-0.3, -0.25) is 0 Å². The van der Waals surface area contributed by atoms with Crippen molar-refractivity contribution < 1.29 is 8.42 Å². The SMILES string of the molecule is O=S(=O)(c1ccccc1Cl)N1CCC(CN2CCCCCC2)CC1. The molecule has 0 radical (unpaired) electrons. The molecule has 0 saturated carbocycles. The predicted molar refractivity (Wildman–Crippen MR) is 97.8 cm³/mol. The average Bonchev–Trinajstić information content (AvgIpc) is 2.84. The van der Waals surface area contributed by atoms with Crippen LogP contribution >= 0.6 is 11.6 Å². The topological polar surface area (TPSA) is 40.6 Å². The van der Waals surface area contributed by atoms with Gasteiger partial charge in [0.05, 0.1) is 5.02 Å². The Morgan fingerprint density at radius 3 is 2.21 bits per heavy atom. The van der Waals surface area contributed by atoms with E-state index in [4.69, 9.17) is 11.6 Å². The highest BCUT2D eigenvalue weighted by atomic mass is 35.5. The molecule has 1 aromatic carbocycles. The number of nitrogens with zero attached hydrogens (tertiary/aromatic N) is 2. The summed E-state index contributed by atoms with van der Waals surface area (Å²) < 4.78 is 27.2. The Morgan fingerprint density at radius 1 is 0.958 bits per heavy atom. The average molecular weight is 371 g/mol. The molecule has 0 bridgehead atoms. The number of piperidine rings is 1. The summed E-state index contributed by atoms with van der Waals surface area (Å²) in [7, 11) is -3.47. The second-order valence-corrected chi connectivity index (χ2v) is 9.31. The van der Waals surface area contributed by atoms with Gasteiger partial charge in [-0.15, -0.1) is 0 Å². The highest BCUT2D eigenvalue weighted by Crippen LogP contribution is 2.28. The summed E-state index contributed by atoms with van der Waals surface area (Å²) >= 11 is 6.09. The molecule has 2 aliphatic heterocycles. The maximum Gasteiger partial charge on any atom is 0.244 e. The van der Waals surface area contributed by atoms with Gasteiger partial charge in [-0.25, -0.2) is 8.42 Å². The van der Waals surface area contributed by atoms with Gasteiger partial charge in [-0.1, -0.05) is 36.6 Å². The maximum absolute atomic E-state index is 12.8. The lowest BCUT2D eigenvalue weighted by molar-refractivity contribution is 0.186. The van der Waals surface area contributed by atoms with Crippen LogP contribution in [0.25, 0.3) is 0 Å². The summed E-state index contributed by atoms with van der Waals surface area (Å²) in [5, 5.41) is 0.309. The number of likely N-dealkylation sites (tertiary alicyclic amines) is 1. The molecule has 0 amide bonds. The van der Waals surface area contributed by atoms with Crippen LogP contribution in [0.3, 0.4) is 0 Å². The third-order valence-corrected chi connectivity index (χ3v) is 7.64. The molecule has 0 N–H and O–H groups in total. The quantitative estimate of drug-likeness (QED) is 0.812. The van der Waals surface area contributed by atoms with Crippen LogP contribution in [-0.2, 0) is 10.0 Å². The van der Waals surface area contributed by atoms with Crippen LogP contribution in [0.5, 0.6) is 0 Å². The molecule has 24 heavy (non-hydrogen) atoms. The molecule has 2 fully saturated rings. The first-order valence-corrected chi connectivity index (χ1v) is 10.9. The molecule has 0 aromatic heterocycles. The van der Waals surface area contributed by atoms with Crippen LogP contribution in [0.4, 0.5) is 0 Å². The molecule has 1 aromatic rings. The third kappa shape index (κ3) is 4.31. The van der Waals surface area contributed by atoms with E-state index in [9.17, 15) is 8.42 Å². The van der Waals surface area contributed by atoms with Gasteiger partial charge in [0.25, 0.3) is 0 Å². The van der Waals surface area contributed by atoms with Gasteiger partial charge in [0.2, 0.25) is 10.0 Å². The van der Waals surface area contributed by atoms with E-state index in [0.29, 0.717) is 24.0 Å². The van der Waals surface area contributed by atoms with Crippen molar-refractivity contribution in [3.63, 3.8) is 0 Å². The van der Waals surface area contributed by atoms with E-state index < -0.39 is 10.0 Å². The molecular weight excluding hydrogens is 344 g/mol. The lowest BCUT2D eigenvalue weighted by atomic mass is 9.97. The molecule has 0 spiro atoms. The lowest BCUT2D eigenvalue weighted by Gasteiger charge is -2.34. The van der Waals surface area contributed by atoms with Gasteiger partial charge in [-0.05, 0) is 56.8 Å². The first-order valence-electron chi connectivity index (χ1n) is 9.04. The summed E-state index contributed by atoms with van der Waals surface area (Å²) in [5.41, 5.74) is 0. The van der Waals surface area contributed by atoms with Crippen molar-refractivity contribution in [1.29, 1.82) is 0 Å². The van der Waals surface area contributed by atoms with Crippen molar-refractivity contribution in [3.8, 4) is 0 Å². The van der Waals surface area contributed by atoms with Gasteiger partial charge in [0.1, 0.15) is 4.90 Å². The van der Waals surface area contributed by atoms with Gasteiger partial charge in [0.15, 0.2) is 0 Å². The zero-order chi connectivity index (χ0) is 17.0. The summed E-state index contributed by atoms with van der Waals surface area (Å²) in [6, 6.07) is 6.72. The number of sulfonamides is 1. The second kappa shape index (κ2) is 8.17. The Kier molecular flexibility index (Phi) is 6.19. The predicted octanol–water partition coefficient (Wildman–Crippen LogP) is 3.62. The third-order valence-electron chi connectivity index (χ3n) is 5.24. The summed E-state index contributed by atoms with van der Waals surface area (Å²) in [5.74, 6) is 0.612. The zero-order valence-electron chi connectivity index (χ0n) is 14.2. The number of hydrogen-bond donors (Lipinski definition) is 0. The lowest BCUT2D eigenvalue weighted by Crippen LogP contribution is -2.41. The molecule has 0 atom stereocenters. The van der Waals surface area contributed by atoms with Crippen molar-refractivity contribution in [2.75, 3.05) is 32.7 Å². The molecule has 2 aliphatic rings. The van der Waals surface area contributed by atoms with Crippen LogP contribution in [0.1, 0.15) is 38.5 Å². The van der Waals surface area contributed by atoms with Crippen molar-refractivity contribution in [3.05, 3.63) is 29.3 Å². The monoisotopic (exact) mass is 370 g/mol. The molecule has 134 valence electrons. The number of hydrogen-bond acceptors (Lipinski definition) is 3. The van der Waals surface area contributed by atoms with Crippen molar-refractivity contribution in [2.24, 2.45) is 5.92 Å². The minimum Gasteiger partial charge on any atom is -0.303 e. The minimum atomic E-state index is -3.47. The van der Waals surface area contributed by atoms with Crippen LogP contribution in [0.2, 0.25) is 5.02 Å². The Labute approximate surface area is 150 Å². The molecule has 3 rings (SSSR count). The fourth-order valence-electron chi connectivity index (χ4n) is 3.81. The fourth-order valence-corrected chi connectivity index (χ4v) is 5.77. The molecule has 0 unspecified atom stereocenters. The van der Waals surface area contributed by atoms with E-state index in [-0.39, 0.29) is 4.90 Å². The Balaban J connectivity index is 1.57. The number of rotatable bonds is 4. The fraction of sp³-hybridized carbons (Fsp3) is 0.667. The molecule has 4 nitrogen and oxygen atoms in total. The van der Waals surface area contributed by atoms with Gasteiger partial charge >= 0.3 is 0 Å². The second-order valence-electron chi connectivity index (χ2n) is 6.99. The van der Waals surface area contributed by atoms with Crippen LogP contribution in [0, 0.1) is 5.92 Å². The Morgan fingerprint density at radius 2 is 1.58 bits per heavy atom. The van der Waals surface area contributed by atoms with E-state index in [1.54, 1.807) is 28.6 Å². The number of benzene rings is 1. The van der Waals surface area contributed by atoms with E-state index in [2.05, 4.69) is 4.90 Å². The largest absolute Gasteiger partial charge is 0.303 e. The normalized spacial score (nSPS) is 22.4. The molecule has 2 heterocycles. The van der Waals surface area contributed by atoms with E-state index >= 15 is 0 Å². The standard InChI is InChI=1S/C18H27ClN2O2S/c19-17-7-3-4-8-18(17)24(22,23)21-13-9-16(10-14-21)15-20-11-5-1-2-6-12-20/h3-4,7-8,16H,1-2,5-6,9-15H2. The molecule has 2 saturated heterocycles. The Hall–Kier alpha value is -0.620. The van der Waals surface area contributed by atoms with E-state index in [1.807, 2.05) is 0 Å². The highest BCUT2D eigenvalue weighted by Gasteiger charge is 2.31. The van der Waals surface area contributed by atoms with E-state index in [0.717, 1.165) is 19.4 Å². The van der Waals surface area contributed by atoms with Crippen LogP contribution in [0.15, 0.2) is 29.2 Å². The smallest absolute Gasteiger partial charge is 0.244 e. The van der Waals surface area contributed by atoms with Crippen molar-refractivity contribution >= 4 is 21.6 Å². The first-order chi connectivity index (χ1) is 11.6. The highest BCUT2D eigenvalue weighted by molar-refractivity contribution is 7.89. The van der Waals surface area contributed by atoms with Gasteiger partial charge < -0.3 is 4.90 Å². The maximum atomic E-state index is 12.8. The Bertz CT molecular complexity index is 634. The number of halogens is 1. The molecule has 6 heteroatoms. The molecule has 0 aliphatic carbocycles. The van der Waals surface area contributed by atoms with Crippen LogP contribution in [-0.4, -0.2) is 50.3 Å². The van der Waals surface area contributed by atoms with Gasteiger partial charge in [-0.2, -0.15) is 4.31 Å². The summed E-state index contributed by atoms with van der Waals surface area (Å²) in [6.45, 7) is 4.74. The molecular formula is C18H27ClN2O2S. The first kappa shape index (κ1) is 18.2.